The predicted molar refractivity (Wildman–Crippen MR) is 46.2 cm³/mol. The van der Waals surface area contributed by atoms with E-state index in [-0.39, 0.29) is 10.9 Å². The molecule has 0 fully saturated rings. The number of rotatable bonds is 2. The molecule has 1 aromatic rings. The molecule has 0 saturated heterocycles. The van der Waals surface area contributed by atoms with Crippen LogP contribution in [0, 0.1) is 0 Å². The topological polar surface area (TPSA) is 39.2 Å². The molecular formula is C8H5ClF3NO2. The van der Waals surface area contributed by atoms with Crippen LogP contribution < -0.4 is 4.74 Å². The third-order valence-corrected chi connectivity index (χ3v) is 1.84. The van der Waals surface area contributed by atoms with E-state index >= 15 is 0 Å². The van der Waals surface area contributed by atoms with Gasteiger partial charge in [-0.25, -0.2) is 4.98 Å². The molecule has 0 unspecified atom stereocenters. The molecule has 0 spiro atoms. The minimum absolute atomic E-state index is 0.105. The van der Waals surface area contributed by atoms with Gasteiger partial charge in [-0.2, -0.15) is 13.2 Å². The number of hydrogen-bond acceptors (Lipinski definition) is 3. The third kappa shape index (κ3) is 2.59. The Balaban J connectivity index is 3.19. The summed E-state index contributed by atoms with van der Waals surface area (Å²) < 4.78 is 40.8. The van der Waals surface area contributed by atoms with Crippen molar-refractivity contribution in [3.63, 3.8) is 0 Å². The number of nitrogens with zero attached hydrogens (tertiary/aromatic N) is 1. The van der Waals surface area contributed by atoms with Gasteiger partial charge in [0.1, 0.15) is 0 Å². The maximum absolute atomic E-state index is 12.1. The van der Waals surface area contributed by atoms with Gasteiger partial charge in [-0.05, 0) is 0 Å². The number of ketones is 1. The standard InChI is InChI=1S/C8H5ClF3NO2/c1-15-6-2-4(5(9)3-13-6)7(14)8(10,11)12/h2-3H,1H3. The summed E-state index contributed by atoms with van der Waals surface area (Å²) in [7, 11) is 1.22. The first-order valence-electron chi connectivity index (χ1n) is 3.67. The number of pyridine rings is 1. The van der Waals surface area contributed by atoms with E-state index in [1.54, 1.807) is 0 Å². The summed E-state index contributed by atoms with van der Waals surface area (Å²) >= 11 is 5.42. The molecule has 15 heavy (non-hydrogen) atoms. The van der Waals surface area contributed by atoms with Gasteiger partial charge < -0.3 is 4.74 Å². The average molecular weight is 240 g/mol. The van der Waals surface area contributed by atoms with Crippen molar-refractivity contribution in [1.82, 2.24) is 4.98 Å². The zero-order chi connectivity index (χ0) is 11.6. The van der Waals surface area contributed by atoms with Crippen LogP contribution in [0.15, 0.2) is 12.3 Å². The average Bonchev–Trinajstić information content (AvgIpc) is 2.16. The van der Waals surface area contributed by atoms with E-state index in [9.17, 15) is 18.0 Å². The Morgan fingerprint density at radius 2 is 2.13 bits per heavy atom. The van der Waals surface area contributed by atoms with Crippen molar-refractivity contribution in [2.24, 2.45) is 0 Å². The van der Waals surface area contributed by atoms with Crippen LogP contribution >= 0.6 is 11.6 Å². The van der Waals surface area contributed by atoms with E-state index in [4.69, 9.17) is 11.6 Å². The lowest BCUT2D eigenvalue weighted by Crippen LogP contribution is -2.23. The Morgan fingerprint density at radius 1 is 1.53 bits per heavy atom. The number of halogens is 4. The van der Waals surface area contributed by atoms with Crippen LogP contribution in [0.1, 0.15) is 10.4 Å². The predicted octanol–water partition coefficient (Wildman–Crippen LogP) is 2.49. The second kappa shape index (κ2) is 4.06. The van der Waals surface area contributed by atoms with Crippen molar-refractivity contribution in [2.45, 2.75) is 6.18 Å². The van der Waals surface area contributed by atoms with Crippen LogP contribution in [0.25, 0.3) is 0 Å². The second-order valence-electron chi connectivity index (χ2n) is 2.53. The van der Waals surface area contributed by atoms with Gasteiger partial charge in [0, 0.05) is 6.07 Å². The van der Waals surface area contributed by atoms with Gasteiger partial charge in [-0.3, -0.25) is 4.79 Å². The Labute approximate surface area is 87.8 Å². The van der Waals surface area contributed by atoms with E-state index < -0.39 is 17.5 Å². The van der Waals surface area contributed by atoms with Crippen molar-refractivity contribution in [1.29, 1.82) is 0 Å². The Bertz CT molecular complexity index is 392. The van der Waals surface area contributed by atoms with E-state index in [0.29, 0.717) is 0 Å². The van der Waals surface area contributed by atoms with Gasteiger partial charge >= 0.3 is 6.18 Å². The van der Waals surface area contributed by atoms with Gasteiger partial charge in [-0.15, -0.1) is 0 Å². The molecule has 0 aliphatic heterocycles. The zero-order valence-corrected chi connectivity index (χ0v) is 8.19. The smallest absolute Gasteiger partial charge is 0.454 e. The van der Waals surface area contributed by atoms with Gasteiger partial charge in [0.05, 0.1) is 23.9 Å². The molecule has 0 radical (unpaired) electrons. The highest BCUT2D eigenvalue weighted by Gasteiger charge is 2.40. The monoisotopic (exact) mass is 239 g/mol. The zero-order valence-electron chi connectivity index (χ0n) is 7.43. The fraction of sp³-hybridized carbons (Fsp3) is 0.250. The molecule has 0 bridgehead atoms. The fourth-order valence-corrected chi connectivity index (χ4v) is 1.05. The molecule has 82 valence electrons. The molecule has 0 atom stereocenters. The van der Waals surface area contributed by atoms with Crippen molar-refractivity contribution in [3.8, 4) is 5.88 Å². The van der Waals surface area contributed by atoms with Gasteiger partial charge in [0.25, 0.3) is 5.78 Å². The lowest BCUT2D eigenvalue weighted by molar-refractivity contribution is -0.0885. The normalized spacial score (nSPS) is 11.3. The summed E-state index contributed by atoms with van der Waals surface area (Å²) in [6, 6.07) is 0.845. The molecule has 3 nitrogen and oxygen atoms in total. The minimum Gasteiger partial charge on any atom is -0.481 e. The van der Waals surface area contributed by atoms with Crippen molar-refractivity contribution in [3.05, 3.63) is 22.8 Å². The molecule has 1 heterocycles. The molecule has 1 aromatic heterocycles. The van der Waals surface area contributed by atoms with Crippen LogP contribution in [0.3, 0.4) is 0 Å². The summed E-state index contributed by atoms with van der Waals surface area (Å²) in [6.45, 7) is 0. The van der Waals surface area contributed by atoms with E-state index in [0.717, 1.165) is 12.3 Å². The summed E-state index contributed by atoms with van der Waals surface area (Å²) in [4.78, 5) is 14.4. The highest BCUT2D eigenvalue weighted by Crippen LogP contribution is 2.27. The van der Waals surface area contributed by atoms with E-state index in [2.05, 4.69) is 9.72 Å². The summed E-state index contributed by atoms with van der Waals surface area (Å²) in [5, 5.41) is -0.363. The number of carbonyl (C=O) groups excluding carboxylic acids is 1. The number of Topliss-reactive ketones (excluding diaryl/α,β-unsaturated/α-hetero) is 1. The highest BCUT2D eigenvalue weighted by atomic mass is 35.5. The van der Waals surface area contributed by atoms with Gasteiger partial charge in [0.15, 0.2) is 0 Å². The molecule has 0 aromatic carbocycles. The Kier molecular flexibility index (Phi) is 3.18. The van der Waals surface area contributed by atoms with Crippen LogP contribution in [-0.2, 0) is 0 Å². The number of ether oxygens (including phenoxy) is 1. The number of carbonyl (C=O) groups is 1. The third-order valence-electron chi connectivity index (χ3n) is 1.54. The second-order valence-corrected chi connectivity index (χ2v) is 2.94. The van der Waals surface area contributed by atoms with Crippen LogP contribution in [0.2, 0.25) is 5.02 Å². The summed E-state index contributed by atoms with van der Waals surface area (Å²) in [6.07, 6.45) is -4.03. The van der Waals surface area contributed by atoms with Crippen LogP contribution in [0.5, 0.6) is 5.88 Å². The van der Waals surface area contributed by atoms with Crippen LogP contribution in [-0.4, -0.2) is 24.1 Å². The number of hydrogen-bond donors (Lipinski definition) is 0. The van der Waals surface area contributed by atoms with Gasteiger partial charge in [-0.1, -0.05) is 11.6 Å². The maximum atomic E-state index is 12.1. The molecular weight excluding hydrogens is 235 g/mol. The maximum Gasteiger partial charge on any atom is 0.454 e. The lowest BCUT2D eigenvalue weighted by Gasteiger charge is -2.07. The van der Waals surface area contributed by atoms with E-state index in [1.807, 2.05) is 0 Å². The molecule has 0 aliphatic carbocycles. The molecule has 0 aliphatic rings. The molecule has 0 N–H and O–H groups in total. The molecule has 0 saturated carbocycles. The first kappa shape index (κ1) is 11.8. The van der Waals surface area contributed by atoms with Gasteiger partial charge in [0.2, 0.25) is 5.88 Å². The fourth-order valence-electron chi connectivity index (χ4n) is 0.858. The SMILES string of the molecule is COc1cc(C(=O)C(F)(F)F)c(Cl)cn1. The van der Waals surface area contributed by atoms with E-state index in [1.165, 1.54) is 7.11 Å². The number of aromatic nitrogens is 1. The van der Waals surface area contributed by atoms with Crippen molar-refractivity contribution < 1.29 is 22.7 Å². The van der Waals surface area contributed by atoms with Crippen molar-refractivity contribution >= 4 is 17.4 Å². The number of methoxy groups -OCH3 is 1. The largest absolute Gasteiger partial charge is 0.481 e. The first-order chi connectivity index (χ1) is 6.86. The molecule has 1 rings (SSSR count). The summed E-state index contributed by atoms with van der Waals surface area (Å²) in [5.74, 6) is -2.12. The Hall–Kier alpha value is -1.30. The Morgan fingerprint density at radius 3 is 2.60 bits per heavy atom. The molecule has 7 heteroatoms. The lowest BCUT2D eigenvalue weighted by atomic mass is 10.1. The summed E-state index contributed by atoms with van der Waals surface area (Å²) in [5.41, 5.74) is -0.670. The first-order valence-corrected chi connectivity index (χ1v) is 4.05. The quantitative estimate of drug-likeness (QED) is 0.745. The molecule has 0 amide bonds. The highest BCUT2D eigenvalue weighted by molar-refractivity contribution is 6.34. The van der Waals surface area contributed by atoms with Crippen molar-refractivity contribution in [2.75, 3.05) is 7.11 Å². The number of alkyl halides is 3. The van der Waals surface area contributed by atoms with Crippen LogP contribution in [0.4, 0.5) is 13.2 Å². The minimum atomic E-state index is -4.96.